The fourth-order valence-corrected chi connectivity index (χ4v) is 1.83. The molecule has 0 fully saturated rings. The summed E-state index contributed by atoms with van der Waals surface area (Å²) in [4.78, 5) is 11.0. The Morgan fingerprint density at radius 1 is 1.25 bits per heavy atom. The number of amides is 1. The van der Waals surface area contributed by atoms with E-state index in [1.54, 1.807) is 7.05 Å². The third-order valence-corrected chi connectivity index (χ3v) is 3.38. The number of aryl methyl sites for hydroxylation is 1. The second kappa shape index (κ2) is 9.37. The molecule has 1 aromatic carbocycles. The van der Waals surface area contributed by atoms with Crippen LogP contribution in [0.15, 0.2) is 24.3 Å². The van der Waals surface area contributed by atoms with Gasteiger partial charge in [0.15, 0.2) is 0 Å². The van der Waals surface area contributed by atoms with Crippen molar-refractivity contribution in [1.82, 2.24) is 10.6 Å². The maximum Gasteiger partial charge on any atom is 0.219 e. The Morgan fingerprint density at radius 2 is 1.95 bits per heavy atom. The molecule has 1 aromatic rings. The Bertz CT molecular complexity index is 390. The molecule has 1 amide bonds. The van der Waals surface area contributed by atoms with Crippen LogP contribution in [0.25, 0.3) is 0 Å². The van der Waals surface area contributed by atoms with E-state index in [1.807, 2.05) is 19.2 Å². The van der Waals surface area contributed by atoms with Crippen LogP contribution in [0.1, 0.15) is 31.7 Å². The van der Waals surface area contributed by atoms with Gasteiger partial charge < -0.3 is 15.4 Å². The molecule has 0 aliphatic heterocycles. The molecule has 112 valence electrons. The lowest BCUT2D eigenvalue weighted by Crippen LogP contribution is -2.21. The molecule has 4 nitrogen and oxygen atoms in total. The summed E-state index contributed by atoms with van der Waals surface area (Å²) in [6.45, 7) is 2.76. The van der Waals surface area contributed by atoms with Crippen LogP contribution >= 0.6 is 0 Å². The quantitative estimate of drug-likeness (QED) is 0.680. The Balaban J connectivity index is 2.26. The summed E-state index contributed by atoms with van der Waals surface area (Å²) < 4.78 is 5.61. The Morgan fingerprint density at radius 3 is 2.55 bits per heavy atom. The monoisotopic (exact) mass is 278 g/mol. The molecule has 0 aromatic heterocycles. The second-order valence-electron chi connectivity index (χ2n) is 5.00. The van der Waals surface area contributed by atoms with Crippen molar-refractivity contribution >= 4 is 5.91 Å². The number of hydrogen-bond acceptors (Lipinski definition) is 3. The van der Waals surface area contributed by atoms with E-state index in [0.29, 0.717) is 19.1 Å². The van der Waals surface area contributed by atoms with Gasteiger partial charge >= 0.3 is 0 Å². The first-order chi connectivity index (χ1) is 9.65. The number of carbonyl (C=O) groups is 1. The van der Waals surface area contributed by atoms with Crippen molar-refractivity contribution in [2.24, 2.45) is 0 Å². The largest absolute Gasteiger partial charge is 0.494 e. The highest BCUT2D eigenvalue weighted by molar-refractivity contribution is 5.75. The van der Waals surface area contributed by atoms with Crippen LogP contribution in [0.3, 0.4) is 0 Å². The van der Waals surface area contributed by atoms with E-state index in [0.717, 1.165) is 25.0 Å². The van der Waals surface area contributed by atoms with E-state index in [4.69, 9.17) is 4.74 Å². The number of rotatable bonds is 9. The van der Waals surface area contributed by atoms with E-state index in [9.17, 15) is 4.79 Å². The van der Waals surface area contributed by atoms with Gasteiger partial charge in [-0.2, -0.15) is 0 Å². The number of carbonyl (C=O) groups excluding carboxylic acids is 1. The normalized spacial score (nSPS) is 11.9. The number of nitrogens with one attached hydrogen (secondary N) is 2. The predicted molar refractivity (Wildman–Crippen MR) is 82.1 cm³/mol. The van der Waals surface area contributed by atoms with Crippen molar-refractivity contribution < 1.29 is 9.53 Å². The molecule has 1 atom stereocenters. The summed E-state index contributed by atoms with van der Waals surface area (Å²) >= 11 is 0. The van der Waals surface area contributed by atoms with Crippen molar-refractivity contribution in [3.05, 3.63) is 29.8 Å². The van der Waals surface area contributed by atoms with Gasteiger partial charge in [-0.1, -0.05) is 12.1 Å². The molecule has 2 N–H and O–H groups in total. The highest BCUT2D eigenvalue weighted by Crippen LogP contribution is 2.14. The summed E-state index contributed by atoms with van der Waals surface area (Å²) in [5, 5.41) is 5.84. The summed E-state index contributed by atoms with van der Waals surface area (Å²) in [7, 11) is 3.64. The third-order valence-electron chi connectivity index (χ3n) is 3.38. The average molecular weight is 278 g/mol. The molecule has 0 aliphatic carbocycles. The van der Waals surface area contributed by atoms with E-state index in [1.165, 1.54) is 5.56 Å². The predicted octanol–water partition coefficient (Wildman–Crippen LogP) is 2.13. The van der Waals surface area contributed by atoms with Gasteiger partial charge in [0.25, 0.3) is 0 Å². The fourth-order valence-electron chi connectivity index (χ4n) is 1.83. The molecule has 0 aliphatic rings. The van der Waals surface area contributed by atoms with Crippen LogP contribution in [-0.4, -0.2) is 32.7 Å². The van der Waals surface area contributed by atoms with Crippen LogP contribution < -0.4 is 15.4 Å². The minimum atomic E-state index is 0.0580. The summed E-state index contributed by atoms with van der Waals surface area (Å²) in [5.41, 5.74) is 1.32. The standard InChI is InChI=1S/C16H26N2O2/c1-13(17-2)6-7-14-8-10-15(11-9-14)20-12-4-5-16(19)18-3/h8-11,13,17H,4-7,12H2,1-3H3,(H,18,19). The molecule has 0 spiro atoms. The molecule has 4 heteroatoms. The SMILES string of the molecule is CNC(=O)CCCOc1ccc(CCC(C)NC)cc1. The Kier molecular flexibility index (Phi) is 7.73. The van der Waals surface area contributed by atoms with Gasteiger partial charge in [0.1, 0.15) is 5.75 Å². The third kappa shape index (κ3) is 6.57. The van der Waals surface area contributed by atoms with Crippen molar-refractivity contribution in [1.29, 1.82) is 0 Å². The number of hydrogen-bond donors (Lipinski definition) is 2. The lowest BCUT2D eigenvalue weighted by Gasteiger charge is -2.10. The van der Waals surface area contributed by atoms with E-state index in [2.05, 4.69) is 29.7 Å². The lowest BCUT2D eigenvalue weighted by molar-refractivity contribution is -0.120. The smallest absolute Gasteiger partial charge is 0.219 e. The molecule has 1 unspecified atom stereocenters. The summed E-state index contributed by atoms with van der Waals surface area (Å²) in [6.07, 6.45) is 3.44. The first kappa shape index (κ1) is 16.5. The van der Waals surface area contributed by atoms with E-state index >= 15 is 0 Å². The first-order valence-electron chi connectivity index (χ1n) is 7.25. The number of ether oxygens (including phenoxy) is 1. The van der Waals surface area contributed by atoms with Gasteiger partial charge in [-0.15, -0.1) is 0 Å². The lowest BCUT2D eigenvalue weighted by atomic mass is 10.1. The molecule has 0 saturated heterocycles. The molecule has 1 rings (SSSR count). The molecular formula is C16H26N2O2. The molecule has 0 saturated carbocycles. The van der Waals surface area contributed by atoms with E-state index < -0.39 is 0 Å². The minimum absolute atomic E-state index is 0.0580. The maximum absolute atomic E-state index is 11.0. The zero-order valence-electron chi connectivity index (χ0n) is 12.7. The van der Waals surface area contributed by atoms with Crippen LogP contribution in [-0.2, 0) is 11.2 Å². The highest BCUT2D eigenvalue weighted by atomic mass is 16.5. The Hall–Kier alpha value is -1.55. The van der Waals surface area contributed by atoms with Crippen molar-refractivity contribution in [3.8, 4) is 5.75 Å². The number of benzene rings is 1. The molecule has 20 heavy (non-hydrogen) atoms. The zero-order chi connectivity index (χ0) is 14.8. The summed E-state index contributed by atoms with van der Waals surface area (Å²) in [5.74, 6) is 0.926. The molecule has 0 bridgehead atoms. The van der Waals surface area contributed by atoms with Gasteiger partial charge in [-0.3, -0.25) is 4.79 Å². The minimum Gasteiger partial charge on any atom is -0.494 e. The van der Waals surface area contributed by atoms with Crippen LogP contribution in [0.4, 0.5) is 0 Å². The van der Waals surface area contributed by atoms with Crippen LogP contribution in [0, 0.1) is 0 Å². The van der Waals surface area contributed by atoms with E-state index in [-0.39, 0.29) is 5.91 Å². The highest BCUT2D eigenvalue weighted by Gasteiger charge is 2.01. The fraction of sp³-hybridized carbons (Fsp3) is 0.562. The van der Waals surface area contributed by atoms with Gasteiger partial charge in [0.05, 0.1) is 6.61 Å². The molecule has 0 heterocycles. The first-order valence-corrected chi connectivity index (χ1v) is 7.25. The Labute approximate surface area is 121 Å². The van der Waals surface area contributed by atoms with Gasteiger partial charge in [0, 0.05) is 19.5 Å². The van der Waals surface area contributed by atoms with Crippen molar-refractivity contribution in [2.75, 3.05) is 20.7 Å². The topological polar surface area (TPSA) is 50.4 Å². The maximum atomic E-state index is 11.0. The van der Waals surface area contributed by atoms with Gasteiger partial charge in [0.2, 0.25) is 5.91 Å². The van der Waals surface area contributed by atoms with Crippen molar-refractivity contribution in [2.45, 2.75) is 38.6 Å². The average Bonchev–Trinajstić information content (AvgIpc) is 2.49. The zero-order valence-corrected chi connectivity index (χ0v) is 12.7. The van der Waals surface area contributed by atoms with Crippen LogP contribution in [0.5, 0.6) is 5.75 Å². The van der Waals surface area contributed by atoms with Gasteiger partial charge in [-0.25, -0.2) is 0 Å². The molecular weight excluding hydrogens is 252 g/mol. The van der Waals surface area contributed by atoms with Crippen LogP contribution in [0.2, 0.25) is 0 Å². The van der Waals surface area contributed by atoms with Crippen molar-refractivity contribution in [3.63, 3.8) is 0 Å². The molecule has 0 radical (unpaired) electrons. The summed E-state index contributed by atoms with van der Waals surface area (Å²) in [6, 6.07) is 8.75. The van der Waals surface area contributed by atoms with Gasteiger partial charge in [-0.05, 0) is 50.9 Å². The second-order valence-corrected chi connectivity index (χ2v) is 5.00.